The number of nitrogens with zero attached hydrogens (tertiary/aromatic N) is 2. The Morgan fingerprint density at radius 2 is 2.04 bits per heavy atom. The molecule has 0 saturated carbocycles. The van der Waals surface area contributed by atoms with Gasteiger partial charge in [-0.15, -0.1) is 0 Å². The fraction of sp³-hybridized carbons (Fsp3) is 0.471. The molecule has 2 aliphatic rings. The Labute approximate surface area is 145 Å². The number of aliphatic hydroxyl groups excluding tert-OH is 1. The SMILES string of the molecule is COc1ccccc1C(=O)N1CCN2C(=O)[C@@H]([C@H](C)O)NC(=O)[C@H]2C1. The molecule has 3 amide bonds. The molecule has 1 aromatic carbocycles. The molecule has 0 bridgehead atoms. The second-order valence-electron chi connectivity index (χ2n) is 6.23. The Morgan fingerprint density at radius 1 is 1.32 bits per heavy atom. The third kappa shape index (κ3) is 3.05. The summed E-state index contributed by atoms with van der Waals surface area (Å²) in [7, 11) is 1.49. The van der Waals surface area contributed by atoms with Gasteiger partial charge < -0.3 is 25.0 Å². The maximum atomic E-state index is 12.8. The maximum Gasteiger partial charge on any atom is 0.257 e. The second kappa shape index (κ2) is 6.72. The summed E-state index contributed by atoms with van der Waals surface area (Å²) < 4.78 is 5.22. The van der Waals surface area contributed by atoms with Crippen LogP contribution in [0.2, 0.25) is 0 Å². The van der Waals surface area contributed by atoms with Gasteiger partial charge in [0.25, 0.3) is 5.91 Å². The first-order valence-electron chi connectivity index (χ1n) is 8.15. The lowest BCUT2D eigenvalue weighted by Gasteiger charge is -2.45. The monoisotopic (exact) mass is 347 g/mol. The molecule has 0 unspecified atom stereocenters. The molecule has 0 spiro atoms. The first-order valence-corrected chi connectivity index (χ1v) is 8.15. The zero-order valence-corrected chi connectivity index (χ0v) is 14.1. The third-order valence-electron chi connectivity index (χ3n) is 4.64. The topological polar surface area (TPSA) is 99.2 Å². The average molecular weight is 347 g/mol. The van der Waals surface area contributed by atoms with Crippen LogP contribution in [0.4, 0.5) is 0 Å². The minimum atomic E-state index is -0.967. The molecule has 1 aromatic rings. The molecule has 0 radical (unpaired) electrons. The van der Waals surface area contributed by atoms with E-state index in [1.165, 1.54) is 18.9 Å². The van der Waals surface area contributed by atoms with E-state index in [2.05, 4.69) is 5.32 Å². The van der Waals surface area contributed by atoms with Crippen LogP contribution in [0.3, 0.4) is 0 Å². The fourth-order valence-corrected chi connectivity index (χ4v) is 3.26. The largest absolute Gasteiger partial charge is 0.496 e. The predicted octanol–water partition coefficient (Wildman–Crippen LogP) is -0.773. The number of rotatable bonds is 3. The second-order valence-corrected chi connectivity index (χ2v) is 6.23. The zero-order valence-electron chi connectivity index (χ0n) is 14.1. The molecular formula is C17H21N3O5. The number of para-hydroxylation sites is 1. The number of aliphatic hydroxyl groups is 1. The number of carbonyl (C=O) groups excluding carboxylic acids is 3. The highest BCUT2D eigenvalue weighted by Crippen LogP contribution is 2.23. The van der Waals surface area contributed by atoms with Gasteiger partial charge in [0, 0.05) is 13.1 Å². The molecular weight excluding hydrogens is 326 g/mol. The lowest BCUT2D eigenvalue weighted by molar-refractivity contribution is -0.155. The summed E-state index contributed by atoms with van der Waals surface area (Å²) in [6.07, 6.45) is -0.967. The summed E-state index contributed by atoms with van der Waals surface area (Å²) in [5.74, 6) is -0.449. The number of ether oxygens (including phenoxy) is 1. The van der Waals surface area contributed by atoms with Crippen LogP contribution in [0.1, 0.15) is 17.3 Å². The molecule has 3 atom stereocenters. The minimum Gasteiger partial charge on any atom is -0.496 e. The molecule has 3 rings (SSSR count). The van der Waals surface area contributed by atoms with Gasteiger partial charge in [-0.2, -0.15) is 0 Å². The van der Waals surface area contributed by atoms with Crippen LogP contribution in [0, 0.1) is 0 Å². The number of piperazine rings is 2. The van der Waals surface area contributed by atoms with E-state index in [-0.39, 0.29) is 30.8 Å². The normalized spacial score (nSPS) is 24.4. The molecule has 8 heteroatoms. The van der Waals surface area contributed by atoms with Crippen molar-refractivity contribution in [1.82, 2.24) is 15.1 Å². The summed E-state index contributed by atoms with van der Waals surface area (Å²) in [5, 5.41) is 12.2. The molecule has 2 fully saturated rings. The van der Waals surface area contributed by atoms with Gasteiger partial charge in [-0.25, -0.2) is 0 Å². The van der Waals surface area contributed by atoms with Gasteiger partial charge in [-0.1, -0.05) is 12.1 Å². The summed E-state index contributed by atoms with van der Waals surface area (Å²) >= 11 is 0. The number of hydrogen-bond donors (Lipinski definition) is 2. The summed E-state index contributed by atoms with van der Waals surface area (Å²) in [6, 6.07) is 5.22. The van der Waals surface area contributed by atoms with Gasteiger partial charge in [-0.3, -0.25) is 14.4 Å². The number of benzene rings is 1. The van der Waals surface area contributed by atoms with Gasteiger partial charge in [0.2, 0.25) is 11.8 Å². The van der Waals surface area contributed by atoms with Gasteiger partial charge in [-0.05, 0) is 19.1 Å². The molecule has 8 nitrogen and oxygen atoms in total. The Bertz CT molecular complexity index is 705. The number of methoxy groups -OCH3 is 1. The van der Waals surface area contributed by atoms with Gasteiger partial charge in [0.05, 0.1) is 25.3 Å². The minimum absolute atomic E-state index is 0.112. The summed E-state index contributed by atoms with van der Waals surface area (Å²) in [5.41, 5.74) is 0.419. The Balaban J connectivity index is 1.78. The van der Waals surface area contributed by atoms with Crippen LogP contribution in [-0.2, 0) is 9.59 Å². The van der Waals surface area contributed by atoms with Crippen molar-refractivity contribution in [2.24, 2.45) is 0 Å². The number of nitrogens with one attached hydrogen (secondary N) is 1. The highest BCUT2D eigenvalue weighted by molar-refractivity contribution is 6.00. The number of carbonyl (C=O) groups is 3. The lowest BCUT2D eigenvalue weighted by Crippen LogP contribution is -2.71. The van der Waals surface area contributed by atoms with E-state index in [9.17, 15) is 19.5 Å². The van der Waals surface area contributed by atoms with Crippen LogP contribution in [-0.4, -0.2) is 77.6 Å². The predicted molar refractivity (Wildman–Crippen MR) is 88.0 cm³/mol. The molecule has 0 aliphatic carbocycles. The Kier molecular flexibility index (Phi) is 4.63. The number of hydrogen-bond acceptors (Lipinski definition) is 5. The highest BCUT2D eigenvalue weighted by Gasteiger charge is 2.45. The van der Waals surface area contributed by atoms with Crippen molar-refractivity contribution >= 4 is 17.7 Å². The summed E-state index contributed by atoms with van der Waals surface area (Å²) in [4.78, 5) is 40.5. The highest BCUT2D eigenvalue weighted by atomic mass is 16.5. The summed E-state index contributed by atoms with van der Waals surface area (Å²) in [6.45, 7) is 2.14. The van der Waals surface area contributed by atoms with Crippen molar-refractivity contribution in [3.63, 3.8) is 0 Å². The average Bonchev–Trinajstić information content (AvgIpc) is 2.63. The van der Waals surface area contributed by atoms with E-state index in [1.807, 2.05) is 0 Å². The van der Waals surface area contributed by atoms with Crippen LogP contribution in [0.25, 0.3) is 0 Å². The number of amides is 3. The van der Waals surface area contributed by atoms with Gasteiger partial charge >= 0.3 is 0 Å². The third-order valence-corrected chi connectivity index (χ3v) is 4.64. The van der Waals surface area contributed by atoms with Crippen molar-refractivity contribution in [2.75, 3.05) is 26.7 Å². The first-order chi connectivity index (χ1) is 11.9. The standard InChI is InChI=1S/C17H21N3O5/c1-10(21)14-17(24)20-8-7-19(9-12(20)15(22)18-14)16(23)11-5-3-4-6-13(11)25-2/h3-6,10,12,14,21H,7-9H2,1-2H3,(H,18,22)/t10-,12+,14+/m0/s1. The molecule has 0 aromatic heterocycles. The van der Waals surface area contributed by atoms with E-state index in [1.54, 1.807) is 29.2 Å². The van der Waals surface area contributed by atoms with Crippen LogP contribution in [0.15, 0.2) is 24.3 Å². The molecule has 2 N–H and O–H groups in total. The van der Waals surface area contributed by atoms with Crippen molar-refractivity contribution in [3.05, 3.63) is 29.8 Å². The van der Waals surface area contributed by atoms with E-state index in [0.717, 1.165) is 0 Å². The van der Waals surface area contributed by atoms with E-state index in [4.69, 9.17) is 4.74 Å². The van der Waals surface area contributed by atoms with E-state index < -0.39 is 18.2 Å². The molecule has 25 heavy (non-hydrogen) atoms. The van der Waals surface area contributed by atoms with Crippen molar-refractivity contribution in [1.29, 1.82) is 0 Å². The lowest BCUT2D eigenvalue weighted by atomic mass is 10.0. The quantitative estimate of drug-likeness (QED) is 0.748. The Morgan fingerprint density at radius 3 is 2.72 bits per heavy atom. The van der Waals surface area contributed by atoms with Crippen LogP contribution < -0.4 is 10.1 Å². The maximum absolute atomic E-state index is 12.8. The van der Waals surface area contributed by atoms with Gasteiger partial charge in [0.15, 0.2) is 0 Å². The van der Waals surface area contributed by atoms with Crippen molar-refractivity contribution in [2.45, 2.75) is 25.1 Å². The fourth-order valence-electron chi connectivity index (χ4n) is 3.26. The van der Waals surface area contributed by atoms with Gasteiger partial charge in [0.1, 0.15) is 17.8 Å². The first kappa shape index (κ1) is 17.2. The number of fused-ring (bicyclic) bond motifs is 1. The molecule has 2 aliphatic heterocycles. The van der Waals surface area contributed by atoms with Crippen LogP contribution >= 0.6 is 0 Å². The smallest absolute Gasteiger partial charge is 0.257 e. The molecule has 2 heterocycles. The molecule has 2 saturated heterocycles. The van der Waals surface area contributed by atoms with E-state index in [0.29, 0.717) is 17.9 Å². The molecule has 134 valence electrons. The van der Waals surface area contributed by atoms with Crippen LogP contribution in [0.5, 0.6) is 5.75 Å². The Hall–Kier alpha value is -2.61. The zero-order chi connectivity index (χ0) is 18.1. The van der Waals surface area contributed by atoms with E-state index >= 15 is 0 Å². The van der Waals surface area contributed by atoms with Crippen molar-refractivity contribution in [3.8, 4) is 5.75 Å². The van der Waals surface area contributed by atoms with Crippen molar-refractivity contribution < 1.29 is 24.2 Å².